The molecule has 112 valence electrons. The lowest BCUT2D eigenvalue weighted by Gasteiger charge is -2.09. The molecule has 0 radical (unpaired) electrons. The fraction of sp³-hybridized carbons (Fsp3) is 0.385. The Kier molecular flexibility index (Phi) is 3.82. The fourth-order valence-corrected chi connectivity index (χ4v) is 3.87. The van der Waals surface area contributed by atoms with Gasteiger partial charge in [-0.05, 0) is 41.4 Å². The first-order valence-electron chi connectivity index (χ1n) is 6.14. The Morgan fingerprint density at radius 3 is 2.62 bits per heavy atom. The number of hydrogen-bond donors (Lipinski definition) is 1. The van der Waals surface area contributed by atoms with Crippen LogP contribution in [0.2, 0.25) is 0 Å². The maximum Gasteiger partial charge on any atom is 0.248 e. The Morgan fingerprint density at radius 1 is 1.38 bits per heavy atom. The van der Waals surface area contributed by atoms with E-state index in [1.807, 2.05) is 13.0 Å². The van der Waals surface area contributed by atoms with Crippen molar-refractivity contribution in [3.8, 4) is 11.5 Å². The first kappa shape index (κ1) is 15.3. The van der Waals surface area contributed by atoms with Gasteiger partial charge in [-0.3, -0.25) is 4.79 Å². The van der Waals surface area contributed by atoms with Crippen LogP contribution in [0.1, 0.15) is 18.9 Å². The van der Waals surface area contributed by atoms with Crippen LogP contribution in [0, 0.1) is 5.41 Å². The van der Waals surface area contributed by atoms with Crippen molar-refractivity contribution >= 4 is 59.9 Å². The number of amides is 1. The largest absolute Gasteiger partial charge is 0.454 e. The highest BCUT2D eigenvalue weighted by atomic mass is 79.9. The summed E-state index contributed by atoms with van der Waals surface area (Å²) in [7, 11) is 0. The molecule has 8 heteroatoms. The first-order valence-corrected chi connectivity index (χ1v) is 8.52. The van der Waals surface area contributed by atoms with Gasteiger partial charge < -0.3 is 9.47 Å². The third kappa shape index (κ3) is 2.73. The molecule has 0 bridgehead atoms. The monoisotopic (exact) mass is 480 g/mol. The van der Waals surface area contributed by atoms with Gasteiger partial charge in [-0.1, -0.05) is 31.9 Å². The number of halogens is 3. The van der Waals surface area contributed by atoms with Gasteiger partial charge in [-0.25, -0.2) is 5.43 Å². The second kappa shape index (κ2) is 5.24. The van der Waals surface area contributed by atoms with Crippen LogP contribution >= 0.6 is 47.8 Å². The molecule has 0 aromatic heterocycles. The molecule has 1 N–H and O–H groups in total. The molecule has 0 unspecified atom stereocenters. The number of nitrogens with zero attached hydrogens (tertiary/aromatic N) is 1. The van der Waals surface area contributed by atoms with Gasteiger partial charge in [0.1, 0.15) is 0 Å². The summed E-state index contributed by atoms with van der Waals surface area (Å²) < 4.78 is 11.1. The minimum Gasteiger partial charge on any atom is -0.454 e. The Morgan fingerprint density at radius 2 is 2.00 bits per heavy atom. The maximum atomic E-state index is 12.1. The van der Waals surface area contributed by atoms with Crippen molar-refractivity contribution in [1.82, 2.24) is 5.43 Å². The number of benzene rings is 1. The van der Waals surface area contributed by atoms with Gasteiger partial charge in [0, 0.05) is 10.0 Å². The van der Waals surface area contributed by atoms with Crippen molar-refractivity contribution in [3.63, 3.8) is 0 Å². The third-order valence-corrected chi connectivity index (χ3v) is 6.62. The van der Waals surface area contributed by atoms with E-state index in [0.717, 1.165) is 16.5 Å². The van der Waals surface area contributed by atoms with Crippen LogP contribution in [-0.2, 0) is 4.79 Å². The molecule has 1 aromatic rings. The molecule has 1 aliphatic heterocycles. The molecule has 1 aromatic carbocycles. The molecule has 0 saturated heterocycles. The number of alkyl halides is 2. The molecule has 0 spiro atoms. The number of carbonyl (C=O) groups is 1. The summed E-state index contributed by atoms with van der Waals surface area (Å²) in [5, 5.41) is 4.01. The summed E-state index contributed by atoms with van der Waals surface area (Å²) in [6, 6.07) is 3.62. The SMILES string of the molecule is C[C@@]1(C(=O)NN=Cc2cc3c(cc2Br)OCO3)CC1(Br)Br. The van der Waals surface area contributed by atoms with E-state index in [1.165, 1.54) is 0 Å². The van der Waals surface area contributed by atoms with E-state index in [0.29, 0.717) is 11.5 Å². The fourth-order valence-electron chi connectivity index (χ4n) is 1.96. The minimum absolute atomic E-state index is 0.135. The summed E-state index contributed by atoms with van der Waals surface area (Å²) in [5.41, 5.74) is 2.87. The summed E-state index contributed by atoms with van der Waals surface area (Å²) in [6.07, 6.45) is 2.29. The van der Waals surface area contributed by atoms with Gasteiger partial charge in [-0.15, -0.1) is 0 Å². The van der Waals surface area contributed by atoms with Gasteiger partial charge in [0.05, 0.1) is 14.9 Å². The lowest BCUT2D eigenvalue weighted by Crippen LogP contribution is -2.29. The Bertz CT molecular complexity index is 648. The van der Waals surface area contributed by atoms with E-state index in [4.69, 9.17) is 9.47 Å². The van der Waals surface area contributed by atoms with Crippen molar-refractivity contribution in [3.05, 3.63) is 22.2 Å². The van der Waals surface area contributed by atoms with Gasteiger partial charge in [0.25, 0.3) is 0 Å². The van der Waals surface area contributed by atoms with Crippen molar-refractivity contribution in [2.24, 2.45) is 10.5 Å². The molecule has 1 saturated carbocycles. The lowest BCUT2D eigenvalue weighted by atomic mass is 10.1. The summed E-state index contributed by atoms with van der Waals surface area (Å²) in [6.45, 7) is 2.09. The quantitative estimate of drug-likeness (QED) is 0.407. The van der Waals surface area contributed by atoms with Crippen LogP contribution in [0.3, 0.4) is 0 Å². The number of rotatable bonds is 3. The molecule has 2 aliphatic rings. The minimum atomic E-state index is -0.490. The molecule has 21 heavy (non-hydrogen) atoms. The number of ether oxygens (including phenoxy) is 2. The van der Waals surface area contributed by atoms with Crippen LogP contribution in [0.5, 0.6) is 11.5 Å². The average molecular weight is 483 g/mol. The number of nitrogens with one attached hydrogen (secondary N) is 1. The van der Waals surface area contributed by atoms with Gasteiger partial charge >= 0.3 is 0 Å². The number of fused-ring (bicyclic) bond motifs is 1. The summed E-state index contributed by atoms with van der Waals surface area (Å²) in [5.74, 6) is 1.22. The van der Waals surface area contributed by atoms with Gasteiger partial charge in [-0.2, -0.15) is 5.10 Å². The zero-order chi connectivity index (χ0) is 15.3. The zero-order valence-electron chi connectivity index (χ0n) is 11.0. The second-order valence-corrected chi connectivity index (χ2v) is 9.77. The van der Waals surface area contributed by atoms with Crippen molar-refractivity contribution in [2.45, 2.75) is 16.6 Å². The van der Waals surface area contributed by atoms with Crippen LogP contribution in [0.4, 0.5) is 0 Å². The first-order chi connectivity index (χ1) is 9.83. The van der Waals surface area contributed by atoms with E-state index in [2.05, 4.69) is 58.3 Å². The molecular formula is C13H11Br3N2O3. The van der Waals surface area contributed by atoms with E-state index >= 15 is 0 Å². The van der Waals surface area contributed by atoms with Crippen molar-refractivity contribution in [1.29, 1.82) is 0 Å². The van der Waals surface area contributed by atoms with Gasteiger partial charge in [0.2, 0.25) is 12.7 Å². The third-order valence-electron chi connectivity index (χ3n) is 3.62. The van der Waals surface area contributed by atoms with E-state index in [-0.39, 0.29) is 15.9 Å². The second-order valence-electron chi connectivity index (χ2n) is 5.14. The molecule has 1 heterocycles. The normalized spacial score (nSPS) is 25.1. The molecule has 1 fully saturated rings. The molecule has 1 aliphatic carbocycles. The van der Waals surface area contributed by atoms with Crippen LogP contribution in [-0.4, -0.2) is 22.1 Å². The maximum absolute atomic E-state index is 12.1. The number of hydrogen-bond acceptors (Lipinski definition) is 4. The number of carbonyl (C=O) groups excluding carboxylic acids is 1. The van der Waals surface area contributed by atoms with E-state index in [1.54, 1.807) is 12.3 Å². The zero-order valence-corrected chi connectivity index (χ0v) is 15.7. The van der Waals surface area contributed by atoms with E-state index < -0.39 is 5.41 Å². The standard InChI is InChI=1S/C13H11Br3N2O3/c1-12(5-13(12,15)16)11(19)18-17-4-7-2-9-10(3-8(7)14)21-6-20-9/h2-4H,5-6H2,1H3,(H,18,19)/t12-/m0/s1. The molecule has 1 amide bonds. The van der Waals surface area contributed by atoms with Crippen molar-refractivity contribution in [2.75, 3.05) is 6.79 Å². The predicted octanol–water partition coefficient (Wildman–Crippen LogP) is 3.52. The Balaban J connectivity index is 1.69. The smallest absolute Gasteiger partial charge is 0.248 e. The highest BCUT2D eigenvalue weighted by molar-refractivity contribution is 9.25. The van der Waals surface area contributed by atoms with Crippen LogP contribution < -0.4 is 14.9 Å². The van der Waals surface area contributed by atoms with Crippen LogP contribution in [0.25, 0.3) is 0 Å². The summed E-state index contributed by atoms with van der Waals surface area (Å²) in [4.78, 5) is 12.1. The Labute approximate surface area is 146 Å². The molecular weight excluding hydrogens is 472 g/mol. The van der Waals surface area contributed by atoms with Gasteiger partial charge in [0.15, 0.2) is 11.5 Å². The Hall–Kier alpha value is -0.600. The molecule has 3 rings (SSSR count). The highest BCUT2D eigenvalue weighted by Crippen LogP contribution is 2.66. The van der Waals surface area contributed by atoms with Crippen LogP contribution in [0.15, 0.2) is 21.7 Å². The van der Waals surface area contributed by atoms with Crippen molar-refractivity contribution < 1.29 is 14.3 Å². The predicted molar refractivity (Wildman–Crippen MR) is 89.3 cm³/mol. The number of hydrazone groups is 1. The van der Waals surface area contributed by atoms with E-state index in [9.17, 15) is 4.79 Å². The average Bonchev–Trinajstić information content (AvgIpc) is 2.73. The topological polar surface area (TPSA) is 59.9 Å². The summed E-state index contributed by atoms with van der Waals surface area (Å²) >= 11 is 10.3. The molecule has 5 nitrogen and oxygen atoms in total. The highest BCUT2D eigenvalue weighted by Gasteiger charge is 2.66. The lowest BCUT2D eigenvalue weighted by molar-refractivity contribution is -0.125. The molecule has 1 atom stereocenters.